The summed E-state index contributed by atoms with van der Waals surface area (Å²) < 4.78 is 1.50. The van der Waals surface area contributed by atoms with Crippen LogP contribution in [0.15, 0.2) is 24.4 Å². The highest BCUT2D eigenvalue weighted by Crippen LogP contribution is 2.24. The number of aryl methyl sites for hydroxylation is 1. The van der Waals surface area contributed by atoms with Gasteiger partial charge in [-0.25, -0.2) is 9.48 Å². The van der Waals surface area contributed by atoms with Crippen LogP contribution in [-0.2, 0) is 6.54 Å². The van der Waals surface area contributed by atoms with Crippen LogP contribution in [0.3, 0.4) is 0 Å². The van der Waals surface area contributed by atoms with Gasteiger partial charge in [0.15, 0.2) is 5.69 Å². The number of likely N-dealkylation sites (N-methyl/N-ethyl adjacent to an activating group) is 1. The number of benzene rings is 1. The molecule has 0 unspecified atom stereocenters. The predicted molar refractivity (Wildman–Crippen MR) is 77.7 cm³/mol. The standard InChI is InChI=1S/C14H18N4O3/c1-3-17(13-8-11(19)5-4-10(13)2)6-7-18-9-12(14(20)21)15-16-18/h4-5,8-9,19H,3,6-7H2,1-2H3,(H,20,21). The number of aromatic carboxylic acids is 1. The van der Waals surface area contributed by atoms with Gasteiger partial charge in [0.05, 0.1) is 12.7 Å². The van der Waals surface area contributed by atoms with Crippen molar-refractivity contribution < 1.29 is 15.0 Å². The summed E-state index contributed by atoms with van der Waals surface area (Å²) in [6, 6.07) is 5.25. The van der Waals surface area contributed by atoms with Crippen molar-refractivity contribution in [1.29, 1.82) is 0 Å². The molecule has 0 atom stereocenters. The first-order valence-electron chi connectivity index (χ1n) is 6.69. The van der Waals surface area contributed by atoms with Crippen LogP contribution in [0.2, 0.25) is 0 Å². The van der Waals surface area contributed by atoms with E-state index in [1.165, 1.54) is 10.9 Å². The lowest BCUT2D eigenvalue weighted by Crippen LogP contribution is -2.27. The van der Waals surface area contributed by atoms with Crippen molar-refractivity contribution in [2.45, 2.75) is 20.4 Å². The highest BCUT2D eigenvalue weighted by Gasteiger charge is 2.11. The van der Waals surface area contributed by atoms with Crippen LogP contribution < -0.4 is 4.90 Å². The molecule has 7 nitrogen and oxygen atoms in total. The van der Waals surface area contributed by atoms with E-state index in [9.17, 15) is 9.90 Å². The number of hydrogen-bond acceptors (Lipinski definition) is 5. The van der Waals surface area contributed by atoms with Crippen molar-refractivity contribution in [1.82, 2.24) is 15.0 Å². The monoisotopic (exact) mass is 290 g/mol. The Morgan fingerprint density at radius 3 is 2.81 bits per heavy atom. The molecule has 0 saturated heterocycles. The van der Waals surface area contributed by atoms with Crippen LogP contribution in [0.25, 0.3) is 0 Å². The maximum Gasteiger partial charge on any atom is 0.358 e. The summed E-state index contributed by atoms with van der Waals surface area (Å²) in [6.07, 6.45) is 1.41. The van der Waals surface area contributed by atoms with Gasteiger partial charge in [-0.2, -0.15) is 0 Å². The summed E-state index contributed by atoms with van der Waals surface area (Å²) in [5.74, 6) is -0.861. The quantitative estimate of drug-likeness (QED) is 0.838. The predicted octanol–water partition coefficient (Wildman–Crippen LogP) is 1.52. The third kappa shape index (κ3) is 3.50. The van der Waals surface area contributed by atoms with Gasteiger partial charge in [0.2, 0.25) is 0 Å². The van der Waals surface area contributed by atoms with Gasteiger partial charge in [0.25, 0.3) is 0 Å². The molecular weight excluding hydrogens is 272 g/mol. The Balaban J connectivity index is 2.08. The molecule has 0 aliphatic heterocycles. The number of carboxylic acid groups (broad SMARTS) is 1. The number of aromatic hydroxyl groups is 1. The van der Waals surface area contributed by atoms with E-state index >= 15 is 0 Å². The number of anilines is 1. The molecule has 21 heavy (non-hydrogen) atoms. The van der Waals surface area contributed by atoms with E-state index in [4.69, 9.17) is 5.11 Å². The highest BCUT2D eigenvalue weighted by molar-refractivity contribution is 5.84. The van der Waals surface area contributed by atoms with E-state index < -0.39 is 5.97 Å². The Morgan fingerprint density at radius 1 is 1.43 bits per heavy atom. The average molecular weight is 290 g/mol. The zero-order valence-corrected chi connectivity index (χ0v) is 12.0. The van der Waals surface area contributed by atoms with E-state index in [-0.39, 0.29) is 11.4 Å². The maximum absolute atomic E-state index is 10.8. The van der Waals surface area contributed by atoms with Crippen molar-refractivity contribution in [2.24, 2.45) is 0 Å². The summed E-state index contributed by atoms with van der Waals surface area (Å²) in [6.45, 7) is 5.93. The molecule has 2 aromatic rings. The van der Waals surface area contributed by atoms with Crippen molar-refractivity contribution in [3.8, 4) is 5.75 Å². The second-order valence-electron chi connectivity index (χ2n) is 4.72. The van der Waals surface area contributed by atoms with Crippen molar-refractivity contribution in [3.05, 3.63) is 35.7 Å². The molecule has 1 heterocycles. The number of carboxylic acids is 1. The molecule has 0 radical (unpaired) electrons. The third-order valence-electron chi connectivity index (χ3n) is 3.27. The van der Waals surface area contributed by atoms with Crippen LogP contribution in [-0.4, -0.2) is 44.3 Å². The number of rotatable bonds is 6. The molecule has 0 saturated carbocycles. The molecule has 7 heteroatoms. The highest BCUT2D eigenvalue weighted by atomic mass is 16.4. The SMILES string of the molecule is CCN(CCn1cc(C(=O)O)nn1)c1cc(O)ccc1C. The molecule has 0 fully saturated rings. The number of carbonyl (C=O) groups is 1. The number of hydrogen-bond donors (Lipinski definition) is 2. The second kappa shape index (κ2) is 6.25. The molecule has 0 aliphatic rings. The molecule has 0 bridgehead atoms. The van der Waals surface area contributed by atoms with Crippen LogP contribution in [0.1, 0.15) is 23.0 Å². The van der Waals surface area contributed by atoms with Crippen LogP contribution in [0, 0.1) is 6.92 Å². The molecule has 2 rings (SSSR count). The Morgan fingerprint density at radius 2 is 2.19 bits per heavy atom. The molecule has 112 valence electrons. The summed E-state index contributed by atoms with van der Waals surface area (Å²) in [7, 11) is 0. The fourth-order valence-electron chi connectivity index (χ4n) is 2.12. The van der Waals surface area contributed by atoms with Crippen molar-refractivity contribution >= 4 is 11.7 Å². The minimum atomic E-state index is -1.09. The molecule has 1 aromatic carbocycles. The fraction of sp³-hybridized carbons (Fsp3) is 0.357. The number of aromatic nitrogens is 3. The molecular formula is C14H18N4O3. The van der Waals surface area contributed by atoms with Gasteiger partial charge in [-0.3, -0.25) is 0 Å². The van der Waals surface area contributed by atoms with Crippen molar-refractivity contribution in [2.75, 3.05) is 18.0 Å². The van der Waals surface area contributed by atoms with Gasteiger partial charge in [-0.1, -0.05) is 11.3 Å². The summed E-state index contributed by atoms with van der Waals surface area (Å²) in [5.41, 5.74) is 1.96. The topological polar surface area (TPSA) is 91.5 Å². The minimum absolute atomic E-state index is 0.0633. The summed E-state index contributed by atoms with van der Waals surface area (Å²) >= 11 is 0. The van der Waals surface area contributed by atoms with E-state index in [2.05, 4.69) is 15.2 Å². The van der Waals surface area contributed by atoms with Crippen LogP contribution in [0.5, 0.6) is 5.75 Å². The second-order valence-corrected chi connectivity index (χ2v) is 4.72. The molecule has 1 aromatic heterocycles. The van der Waals surface area contributed by atoms with Gasteiger partial charge >= 0.3 is 5.97 Å². The number of phenols is 1. The first-order chi connectivity index (χ1) is 10.0. The first kappa shape index (κ1) is 14.8. The molecule has 0 aliphatic carbocycles. The zero-order valence-electron chi connectivity index (χ0n) is 12.0. The van der Waals surface area contributed by atoms with E-state index in [1.54, 1.807) is 12.1 Å². The van der Waals surface area contributed by atoms with Gasteiger partial charge in [-0.15, -0.1) is 5.10 Å². The Bertz CT molecular complexity index is 639. The van der Waals surface area contributed by atoms with Gasteiger partial charge in [0, 0.05) is 24.8 Å². The largest absolute Gasteiger partial charge is 0.508 e. The number of nitrogens with zero attached hydrogens (tertiary/aromatic N) is 4. The van der Waals surface area contributed by atoms with Crippen molar-refractivity contribution in [3.63, 3.8) is 0 Å². The average Bonchev–Trinajstić information content (AvgIpc) is 2.92. The van der Waals surface area contributed by atoms with Crippen LogP contribution >= 0.6 is 0 Å². The lowest BCUT2D eigenvalue weighted by molar-refractivity contribution is 0.0690. The Hall–Kier alpha value is -2.57. The Kier molecular flexibility index (Phi) is 4.42. The smallest absolute Gasteiger partial charge is 0.358 e. The zero-order chi connectivity index (χ0) is 15.4. The lowest BCUT2D eigenvalue weighted by atomic mass is 10.1. The van der Waals surface area contributed by atoms with E-state index in [0.29, 0.717) is 13.1 Å². The first-order valence-corrected chi connectivity index (χ1v) is 6.69. The summed E-state index contributed by atoms with van der Waals surface area (Å²) in [5, 5.41) is 25.8. The Labute approximate surface area is 122 Å². The van der Waals surface area contributed by atoms with E-state index in [0.717, 1.165) is 17.8 Å². The number of phenolic OH excluding ortho intramolecular Hbond substituents is 1. The van der Waals surface area contributed by atoms with Crippen LogP contribution in [0.4, 0.5) is 5.69 Å². The molecule has 2 N–H and O–H groups in total. The van der Waals surface area contributed by atoms with E-state index in [1.807, 2.05) is 19.9 Å². The van der Waals surface area contributed by atoms with Gasteiger partial charge in [-0.05, 0) is 25.5 Å². The maximum atomic E-state index is 10.8. The molecule has 0 spiro atoms. The third-order valence-corrected chi connectivity index (χ3v) is 3.27. The minimum Gasteiger partial charge on any atom is -0.508 e. The normalized spacial score (nSPS) is 10.6. The van der Waals surface area contributed by atoms with Gasteiger partial charge < -0.3 is 15.1 Å². The summed E-state index contributed by atoms with van der Waals surface area (Å²) in [4.78, 5) is 12.9. The molecule has 0 amide bonds. The fourth-order valence-corrected chi connectivity index (χ4v) is 2.12. The lowest BCUT2D eigenvalue weighted by Gasteiger charge is -2.25. The van der Waals surface area contributed by atoms with Gasteiger partial charge in [0.1, 0.15) is 5.75 Å².